The number of carbonyl (C=O) groups excluding carboxylic acids is 2. The minimum Gasteiger partial charge on any atom is -0.353 e. The summed E-state index contributed by atoms with van der Waals surface area (Å²) in [6, 6.07) is 0. The molecular weight excluding hydrogens is 218 g/mol. The summed E-state index contributed by atoms with van der Waals surface area (Å²) in [5, 5.41) is 6.05. The second kappa shape index (κ2) is 6.00. The lowest BCUT2D eigenvalue weighted by Crippen LogP contribution is -2.50. The first-order chi connectivity index (χ1) is 8.25. The number of nitrogens with one attached hydrogen (secondary N) is 2. The minimum absolute atomic E-state index is 0.0357. The normalized spacial score (nSPS) is 22.4. The SMILES string of the molecule is O=C1CN(C(=O)CCC2CCNCC2)CCN1. The number of hydrogen-bond acceptors (Lipinski definition) is 3. The van der Waals surface area contributed by atoms with Gasteiger partial charge in [0, 0.05) is 19.5 Å². The van der Waals surface area contributed by atoms with E-state index in [0.29, 0.717) is 25.4 Å². The van der Waals surface area contributed by atoms with Crippen LogP contribution in [0.3, 0.4) is 0 Å². The molecule has 2 fully saturated rings. The summed E-state index contributed by atoms with van der Waals surface area (Å²) < 4.78 is 0. The van der Waals surface area contributed by atoms with E-state index >= 15 is 0 Å². The maximum atomic E-state index is 11.9. The van der Waals surface area contributed by atoms with Crippen LogP contribution >= 0.6 is 0 Å². The lowest BCUT2D eigenvalue weighted by atomic mass is 9.93. The Morgan fingerprint density at radius 1 is 1.29 bits per heavy atom. The van der Waals surface area contributed by atoms with Gasteiger partial charge in [0.2, 0.25) is 11.8 Å². The van der Waals surface area contributed by atoms with Crippen LogP contribution in [-0.4, -0.2) is 49.4 Å². The smallest absolute Gasteiger partial charge is 0.239 e. The van der Waals surface area contributed by atoms with Crippen molar-refractivity contribution in [3.8, 4) is 0 Å². The third-order valence-electron chi connectivity index (χ3n) is 3.62. The average Bonchev–Trinajstić information content (AvgIpc) is 2.37. The second-order valence-corrected chi connectivity index (χ2v) is 4.90. The highest BCUT2D eigenvalue weighted by Crippen LogP contribution is 2.18. The van der Waals surface area contributed by atoms with Crippen LogP contribution < -0.4 is 10.6 Å². The molecule has 0 aromatic heterocycles. The van der Waals surface area contributed by atoms with E-state index in [1.54, 1.807) is 4.90 Å². The highest BCUT2D eigenvalue weighted by atomic mass is 16.2. The molecule has 2 rings (SSSR count). The summed E-state index contributed by atoms with van der Waals surface area (Å²) in [5.41, 5.74) is 0. The van der Waals surface area contributed by atoms with Crippen LogP contribution in [0.5, 0.6) is 0 Å². The predicted molar refractivity (Wildman–Crippen MR) is 64.4 cm³/mol. The van der Waals surface area contributed by atoms with Gasteiger partial charge in [-0.1, -0.05) is 0 Å². The van der Waals surface area contributed by atoms with Gasteiger partial charge < -0.3 is 15.5 Å². The van der Waals surface area contributed by atoms with Crippen molar-refractivity contribution >= 4 is 11.8 Å². The van der Waals surface area contributed by atoms with E-state index in [1.165, 1.54) is 12.8 Å². The van der Waals surface area contributed by atoms with E-state index in [-0.39, 0.29) is 18.4 Å². The van der Waals surface area contributed by atoms with Crippen LogP contribution in [0.1, 0.15) is 25.7 Å². The highest BCUT2D eigenvalue weighted by molar-refractivity contribution is 5.85. The maximum absolute atomic E-state index is 11.9. The summed E-state index contributed by atoms with van der Waals surface area (Å²) in [6.45, 7) is 3.65. The quantitative estimate of drug-likeness (QED) is 0.712. The van der Waals surface area contributed by atoms with Crippen molar-refractivity contribution in [3.05, 3.63) is 0 Å². The van der Waals surface area contributed by atoms with Gasteiger partial charge in [-0.25, -0.2) is 0 Å². The van der Waals surface area contributed by atoms with Crippen LogP contribution in [0.15, 0.2) is 0 Å². The summed E-state index contributed by atoms with van der Waals surface area (Å²) in [4.78, 5) is 24.8. The number of rotatable bonds is 3. The van der Waals surface area contributed by atoms with Crippen molar-refractivity contribution in [1.82, 2.24) is 15.5 Å². The fourth-order valence-electron chi connectivity index (χ4n) is 2.51. The monoisotopic (exact) mass is 239 g/mol. The molecule has 5 nitrogen and oxygen atoms in total. The van der Waals surface area contributed by atoms with E-state index in [0.717, 1.165) is 19.5 Å². The Balaban J connectivity index is 1.70. The number of hydrogen-bond donors (Lipinski definition) is 2. The van der Waals surface area contributed by atoms with Gasteiger partial charge in [-0.15, -0.1) is 0 Å². The van der Waals surface area contributed by atoms with E-state index in [4.69, 9.17) is 0 Å². The predicted octanol–water partition coefficient (Wildman–Crippen LogP) is -0.275. The Labute approximate surface area is 102 Å². The van der Waals surface area contributed by atoms with Crippen LogP contribution in [0.25, 0.3) is 0 Å². The summed E-state index contributed by atoms with van der Waals surface area (Å²) in [7, 11) is 0. The molecule has 96 valence electrons. The van der Waals surface area contributed by atoms with Gasteiger partial charge in [-0.2, -0.15) is 0 Å². The third-order valence-corrected chi connectivity index (χ3v) is 3.62. The zero-order chi connectivity index (χ0) is 12.1. The topological polar surface area (TPSA) is 61.4 Å². The lowest BCUT2D eigenvalue weighted by molar-refractivity contribution is -0.138. The fraction of sp³-hybridized carbons (Fsp3) is 0.833. The summed E-state index contributed by atoms with van der Waals surface area (Å²) in [5.74, 6) is 0.781. The first-order valence-electron chi connectivity index (χ1n) is 6.51. The van der Waals surface area contributed by atoms with Crippen molar-refractivity contribution in [2.45, 2.75) is 25.7 Å². The van der Waals surface area contributed by atoms with Crippen molar-refractivity contribution in [2.75, 3.05) is 32.7 Å². The number of carbonyl (C=O) groups is 2. The fourth-order valence-corrected chi connectivity index (χ4v) is 2.51. The first-order valence-corrected chi connectivity index (χ1v) is 6.51. The van der Waals surface area contributed by atoms with Crippen LogP contribution in [-0.2, 0) is 9.59 Å². The molecule has 0 aromatic carbocycles. The average molecular weight is 239 g/mol. The number of amides is 2. The van der Waals surface area contributed by atoms with Crippen molar-refractivity contribution in [3.63, 3.8) is 0 Å². The zero-order valence-corrected chi connectivity index (χ0v) is 10.2. The van der Waals surface area contributed by atoms with Gasteiger partial charge in [-0.3, -0.25) is 9.59 Å². The van der Waals surface area contributed by atoms with Gasteiger partial charge >= 0.3 is 0 Å². The number of piperazine rings is 1. The molecule has 2 saturated heterocycles. The molecule has 2 aliphatic heterocycles. The molecule has 2 amide bonds. The van der Waals surface area contributed by atoms with E-state index < -0.39 is 0 Å². The summed E-state index contributed by atoms with van der Waals surface area (Å²) >= 11 is 0. The molecule has 0 bridgehead atoms. The standard InChI is InChI=1S/C12H21N3O2/c16-11-9-15(8-7-14-11)12(17)2-1-10-3-5-13-6-4-10/h10,13H,1-9H2,(H,14,16). The minimum atomic E-state index is -0.0357. The van der Waals surface area contributed by atoms with Crippen LogP contribution in [0, 0.1) is 5.92 Å². The Morgan fingerprint density at radius 3 is 2.76 bits per heavy atom. The maximum Gasteiger partial charge on any atom is 0.239 e. The molecule has 0 unspecified atom stereocenters. The molecule has 0 radical (unpaired) electrons. The van der Waals surface area contributed by atoms with Gasteiger partial charge in [0.1, 0.15) is 0 Å². The van der Waals surface area contributed by atoms with E-state index in [9.17, 15) is 9.59 Å². The lowest BCUT2D eigenvalue weighted by Gasteiger charge is -2.28. The first kappa shape index (κ1) is 12.4. The Bertz CT molecular complexity index is 287. The van der Waals surface area contributed by atoms with Crippen molar-refractivity contribution in [2.24, 2.45) is 5.92 Å². The second-order valence-electron chi connectivity index (χ2n) is 4.90. The van der Waals surface area contributed by atoms with Crippen molar-refractivity contribution in [1.29, 1.82) is 0 Å². The van der Waals surface area contributed by atoms with Gasteiger partial charge in [-0.05, 0) is 38.3 Å². The molecule has 2 aliphatic rings. The molecule has 5 heteroatoms. The number of nitrogens with zero attached hydrogens (tertiary/aromatic N) is 1. The van der Waals surface area contributed by atoms with E-state index in [2.05, 4.69) is 10.6 Å². The molecule has 0 atom stereocenters. The molecule has 2 heterocycles. The van der Waals surface area contributed by atoms with E-state index in [1.807, 2.05) is 0 Å². The molecule has 2 N–H and O–H groups in total. The third kappa shape index (κ3) is 3.70. The molecule has 17 heavy (non-hydrogen) atoms. The molecule has 0 aliphatic carbocycles. The zero-order valence-electron chi connectivity index (χ0n) is 10.2. The largest absolute Gasteiger partial charge is 0.353 e. The number of piperidine rings is 1. The van der Waals surface area contributed by atoms with Crippen LogP contribution in [0.2, 0.25) is 0 Å². The van der Waals surface area contributed by atoms with Gasteiger partial charge in [0.15, 0.2) is 0 Å². The van der Waals surface area contributed by atoms with Gasteiger partial charge in [0.25, 0.3) is 0 Å². The van der Waals surface area contributed by atoms with Gasteiger partial charge in [0.05, 0.1) is 6.54 Å². The highest BCUT2D eigenvalue weighted by Gasteiger charge is 2.22. The molecule has 0 saturated carbocycles. The van der Waals surface area contributed by atoms with Crippen molar-refractivity contribution < 1.29 is 9.59 Å². The Morgan fingerprint density at radius 2 is 2.06 bits per heavy atom. The summed E-state index contributed by atoms with van der Waals surface area (Å²) in [6.07, 6.45) is 3.91. The van der Waals surface area contributed by atoms with Crippen LogP contribution in [0.4, 0.5) is 0 Å². The Hall–Kier alpha value is -1.10. The molecular formula is C12H21N3O2. The molecule has 0 aromatic rings. The molecule has 0 spiro atoms. The Kier molecular flexibility index (Phi) is 4.36.